The molecule has 0 fully saturated rings. The van der Waals surface area contributed by atoms with Crippen molar-refractivity contribution in [3.05, 3.63) is 63.3 Å². The number of aromatic nitrogens is 1. The number of likely N-dealkylation sites (N-methyl/N-ethyl adjacent to an activating group) is 1. The second-order valence-corrected chi connectivity index (χ2v) is 9.50. The van der Waals surface area contributed by atoms with Crippen LogP contribution in [0.4, 0.5) is 0 Å². The standard InChI is InChI=1S/C27H32N2O5/c1-17-19(9-10-23(30)29(4)15-12-18-8-6-7-14-28-18)26(31)33-25-20-11-13-27(2,3)34-21(20)16-22(32-5)24(17)25/h6-8,14,16H,9-13,15H2,1-5H3. The van der Waals surface area contributed by atoms with Gasteiger partial charge >= 0.3 is 5.63 Å². The average Bonchev–Trinajstić information content (AvgIpc) is 2.81. The molecule has 0 unspecified atom stereocenters. The van der Waals surface area contributed by atoms with Gasteiger partial charge < -0.3 is 18.8 Å². The van der Waals surface area contributed by atoms with Gasteiger partial charge in [0.05, 0.1) is 12.5 Å². The van der Waals surface area contributed by atoms with Crippen LogP contribution in [0.15, 0.2) is 39.7 Å². The molecule has 7 nitrogen and oxygen atoms in total. The van der Waals surface area contributed by atoms with Gasteiger partial charge in [-0.1, -0.05) is 6.07 Å². The first-order valence-corrected chi connectivity index (χ1v) is 11.7. The molecule has 0 spiro atoms. The molecule has 4 rings (SSSR count). The molecule has 1 aromatic carbocycles. The third-order valence-corrected chi connectivity index (χ3v) is 6.60. The van der Waals surface area contributed by atoms with E-state index >= 15 is 0 Å². The van der Waals surface area contributed by atoms with Gasteiger partial charge in [0, 0.05) is 55.5 Å². The summed E-state index contributed by atoms with van der Waals surface area (Å²) >= 11 is 0. The molecule has 1 aliphatic heterocycles. The molecular formula is C27H32N2O5. The molecule has 0 bridgehead atoms. The summed E-state index contributed by atoms with van der Waals surface area (Å²) in [4.78, 5) is 31.7. The number of ether oxygens (including phenoxy) is 2. The van der Waals surface area contributed by atoms with Crippen LogP contribution in [-0.2, 0) is 24.1 Å². The highest BCUT2D eigenvalue weighted by Gasteiger charge is 2.31. The van der Waals surface area contributed by atoms with Crippen LogP contribution < -0.4 is 15.1 Å². The number of carbonyl (C=O) groups is 1. The predicted octanol–water partition coefficient (Wildman–Crippen LogP) is 4.24. The van der Waals surface area contributed by atoms with Crippen molar-refractivity contribution < 1.29 is 18.7 Å². The van der Waals surface area contributed by atoms with E-state index in [-0.39, 0.29) is 17.9 Å². The van der Waals surface area contributed by atoms with Crippen molar-refractivity contribution in [2.45, 2.75) is 58.5 Å². The molecule has 0 atom stereocenters. The number of hydrogen-bond donors (Lipinski definition) is 0. The van der Waals surface area contributed by atoms with Gasteiger partial charge in [-0.3, -0.25) is 9.78 Å². The summed E-state index contributed by atoms with van der Waals surface area (Å²) in [6.45, 7) is 6.55. The molecule has 3 heterocycles. The van der Waals surface area contributed by atoms with E-state index in [0.29, 0.717) is 42.0 Å². The summed E-state index contributed by atoms with van der Waals surface area (Å²) in [5, 5.41) is 0.773. The molecule has 2 aromatic heterocycles. The number of benzene rings is 1. The molecule has 0 saturated heterocycles. The quantitative estimate of drug-likeness (QED) is 0.487. The monoisotopic (exact) mass is 464 g/mol. The van der Waals surface area contributed by atoms with Crippen molar-refractivity contribution in [3.63, 3.8) is 0 Å². The Labute approximate surface area is 199 Å². The maximum atomic E-state index is 13.0. The second kappa shape index (κ2) is 9.49. The average molecular weight is 465 g/mol. The third-order valence-electron chi connectivity index (χ3n) is 6.60. The van der Waals surface area contributed by atoms with Crippen LogP contribution in [0, 0.1) is 6.92 Å². The van der Waals surface area contributed by atoms with Gasteiger partial charge in [-0.15, -0.1) is 0 Å². The van der Waals surface area contributed by atoms with E-state index in [1.54, 1.807) is 25.3 Å². The Kier molecular flexibility index (Phi) is 6.64. The van der Waals surface area contributed by atoms with Crippen molar-refractivity contribution in [1.82, 2.24) is 9.88 Å². The first-order valence-electron chi connectivity index (χ1n) is 11.7. The van der Waals surface area contributed by atoms with Gasteiger partial charge in [-0.2, -0.15) is 0 Å². The summed E-state index contributed by atoms with van der Waals surface area (Å²) in [6, 6.07) is 7.63. The van der Waals surface area contributed by atoms with E-state index in [0.717, 1.165) is 35.0 Å². The molecule has 0 saturated carbocycles. The zero-order chi connectivity index (χ0) is 24.5. The SMILES string of the molecule is COc1cc2c(c3oc(=O)c(CCC(=O)N(C)CCc4ccccn4)c(C)c13)CCC(C)(C)O2. The van der Waals surface area contributed by atoms with Gasteiger partial charge in [0.1, 0.15) is 22.7 Å². The van der Waals surface area contributed by atoms with E-state index in [9.17, 15) is 9.59 Å². The number of methoxy groups -OCH3 is 1. The number of nitrogens with zero attached hydrogens (tertiary/aromatic N) is 2. The lowest BCUT2D eigenvalue weighted by Crippen LogP contribution is -2.32. The molecule has 0 radical (unpaired) electrons. The lowest BCUT2D eigenvalue weighted by molar-refractivity contribution is -0.129. The molecule has 3 aromatic rings. The molecule has 34 heavy (non-hydrogen) atoms. The van der Waals surface area contributed by atoms with E-state index in [4.69, 9.17) is 13.9 Å². The number of rotatable bonds is 7. The highest BCUT2D eigenvalue weighted by molar-refractivity contribution is 5.92. The van der Waals surface area contributed by atoms with Crippen LogP contribution in [-0.4, -0.2) is 42.1 Å². The fourth-order valence-electron chi connectivity index (χ4n) is 4.51. The van der Waals surface area contributed by atoms with E-state index in [2.05, 4.69) is 4.98 Å². The zero-order valence-electron chi connectivity index (χ0n) is 20.6. The van der Waals surface area contributed by atoms with Gasteiger partial charge in [-0.05, 0) is 57.7 Å². The molecule has 0 aliphatic carbocycles. The van der Waals surface area contributed by atoms with Crippen LogP contribution >= 0.6 is 0 Å². The highest BCUT2D eigenvalue weighted by Crippen LogP contribution is 2.43. The number of hydrogen-bond acceptors (Lipinski definition) is 6. The van der Waals surface area contributed by atoms with Crippen molar-refractivity contribution in [2.75, 3.05) is 20.7 Å². The highest BCUT2D eigenvalue weighted by atomic mass is 16.5. The minimum atomic E-state index is -0.408. The summed E-state index contributed by atoms with van der Waals surface area (Å²) in [7, 11) is 3.37. The van der Waals surface area contributed by atoms with Crippen molar-refractivity contribution in [1.29, 1.82) is 0 Å². The van der Waals surface area contributed by atoms with E-state index in [1.165, 1.54) is 0 Å². The smallest absolute Gasteiger partial charge is 0.339 e. The zero-order valence-corrected chi connectivity index (χ0v) is 20.6. The summed E-state index contributed by atoms with van der Waals surface area (Å²) in [5.74, 6) is 1.27. The molecule has 1 aliphatic rings. The Balaban J connectivity index is 1.56. The minimum Gasteiger partial charge on any atom is -0.496 e. The lowest BCUT2D eigenvalue weighted by Gasteiger charge is -2.33. The topological polar surface area (TPSA) is 81.9 Å². The first-order chi connectivity index (χ1) is 16.2. The lowest BCUT2D eigenvalue weighted by atomic mass is 9.91. The van der Waals surface area contributed by atoms with Gasteiger partial charge in [0.15, 0.2) is 0 Å². The molecule has 180 valence electrons. The summed E-state index contributed by atoms with van der Waals surface area (Å²) in [5.41, 5.74) is 2.96. The largest absolute Gasteiger partial charge is 0.496 e. The Morgan fingerprint density at radius 1 is 1.26 bits per heavy atom. The molecule has 1 amide bonds. The van der Waals surface area contributed by atoms with Crippen LogP contribution in [0.25, 0.3) is 11.0 Å². The first kappa shape index (κ1) is 23.8. The number of aryl methyl sites for hydroxylation is 2. The van der Waals surface area contributed by atoms with Gasteiger partial charge in [-0.25, -0.2) is 4.79 Å². The second-order valence-electron chi connectivity index (χ2n) is 9.50. The maximum absolute atomic E-state index is 13.0. The van der Waals surface area contributed by atoms with Crippen LogP contribution in [0.3, 0.4) is 0 Å². The van der Waals surface area contributed by atoms with Crippen molar-refractivity contribution >= 4 is 16.9 Å². The fourth-order valence-corrected chi connectivity index (χ4v) is 4.51. The Hall–Kier alpha value is -3.35. The Morgan fingerprint density at radius 3 is 2.76 bits per heavy atom. The maximum Gasteiger partial charge on any atom is 0.339 e. The molecule has 7 heteroatoms. The molecular weight excluding hydrogens is 432 g/mol. The van der Waals surface area contributed by atoms with E-state index < -0.39 is 5.63 Å². The van der Waals surface area contributed by atoms with Crippen LogP contribution in [0.1, 0.15) is 49.1 Å². The minimum absolute atomic E-state index is 0.0251. The fraction of sp³-hybridized carbons (Fsp3) is 0.444. The summed E-state index contributed by atoms with van der Waals surface area (Å²) < 4.78 is 17.6. The Morgan fingerprint density at radius 2 is 2.06 bits per heavy atom. The van der Waals surface area contributed by atoms with Crippen LogP contribution in [0.2, 0.25) is 0 Å². The summed E-state index contributed by atoms with van der Waals surface area (Å²) in [6.07, 6.45) is 4.54. The van der Waals surface area contributed by atoms with E-state index in [1.807, 2.05) is 45.0 Å². The molecule has 0 N–H and O–H groups in total. The van der Waals surface area contributed by atoms with Gasteiger partial charge in [0.2, 0.25) is 5.91 Å². The predicted molar refractivity (Wildman–Crippen MR) is 131 cm³/mol. The number of amides is 1. The Bertz CT molecular complexity index is 1260. The number of fused-ring (bicyclic) bond motifs is 3. The third kappa shape index (κ3) is 4.79. The van der Waals surface area contributed by atoms with Crippen molar-refractivity contribution in [2.24, 2.45) is 0 Å². The van der Waals surface area contributed by atoms with Crippen molar-refractivity contribution in [3.8, 4) is 11.5 Å². The normalized spacial score (nSPS) is 14.4. The number of pyridine rings is 1. The van der Waals surface area contributed by atoms with Gasteiger partial charge in [0.25, 0.3) is 0 Å². The van der Waals surface area contributed by atoms with Crippen LogP contribution in [0.5, 0.6) is 11.5 Å². The number of carbonyl (C=O) groups excluding carboxylic acids is 1.